The van der Waals surface area contributed by atoms with E-state index in [1.54, 1.807) is 5.82 Å². The standard InChI is InChI=1S/C48H95N2/c1-4-7-10-13-16-19-22-24-26-29-32-35-38-41-44-49-46-47-50(48(49)43-40-37-34-31-28-21-18-15-12-9-6-3)45-42-39-36-33-30-27-25-23-20-17-14-11-8-5-2/h46-47H,4-45H2,1-3H3/q+1. The minimum absolute atomic E-state index is 1.23. The predicted molar refractivity (Wildman–Crippen MR) is 225 cm³/mol. The largest absolute Gasteiger partial charge is 0.256 e. The van der Waals surface area contributed by atoms with E-state index in [2.05, 4.69) is 42.3 Å². The fourth-order valence-electron chi connectivity index (χ4n) is 8.09. The van der Waals surface area contributed by atoms with Crippen molar-refractivity contribution in [3.63, 3.8) is 0 Å². The molecule has 0 bridgehead atoms. The molecule has 0 fully saturated rings. The Hall–Kier alpha value is -0.790. The highest BCUT2D eigenvalue weighted by molar-refractivity contribution is 4.84. The molecule has 0 atom stereocenters. The number of aryl methyl sites for hydroxylation is 2. The van der Waals surface area contributed by atoms with Crippen molar-refractivity contribution in [2.45, 2.75) is 291 Å². The molecule has 0 unspecified atom stereocenters. The van der Waals surface area contributed by atoms with Gasteiger partial charge in [-0.1, -0.05) is 239 Å². The minimum Gasteiger partial charge on any atom is -0.234 e. The van der Waals surface area contributed by atoms with Crippen LogP contribution in [0.25, 0.3) is 0 Å². The molecular weight excluding hydrogens is 605 g/mol. The Morgan fingerprint density at radius 3 is 0.960 bits per heavy atom. The summed E-state index contributed by atoms with van der Waals surface area (Å²) < 4.78 is 5.31. The van der Waals surface area contributed by atoms with Crippen LogP contribution in [-0.2, 0) is 19.5 Å². The summed E-state index contributed by atoms with van der Waals surface area (Å²) in [7, 11) is 0. The summed E-state index contributed by atoms with van der Waals surface area (Å²) >= 11 is 0. The fraction of sp³-hybridized carbons (Fsp3) is 0.938. The van der Waals surface area contributed by atoms with Crippen LogP contribution in [0.2, 0.25) is 0 Å². The van der Waals surface area contributed by atoms with Gasteiger partial charge in [0.1, 0.15) is 12.4 Å². The zero-order valence-corrected chi connectivity index (χ0v) is 35.2. The van der Waals surface area contributed by atoms with E-state index < -0.39 is 0 Å². The van der Waals surface area contributed by atoms with Gasteiger partial charge in [-0.25, -0.2) is 9.13 Å². The van der Waals surface area contributed by atoms with Gasteiger partial charge in [0.25, 0.3) is 5.82 Å². The molecule has 296 valence electrons. The number of aromatic nitrogens is 2. The fourth-order valence-corrected chi connectivity index (χ4v) is 8.09. The van der Waals surface area contributed by atoms with Gasteiger partial charge in [0, 0.05) is 6.42 Å². The zero-order chi connectivity index (χ0) is 35.8. The van der Waals surface area contributed by atoms with Crippen LogP contribution in [0.3, 0.4) is 0 Å². The number of unbranched alkanes of at least 4 members (excludes halogenated alkanes) is 36. The molecule has 0 radical (unpaired) electrons. The van der Waals surface area contributed by atoms with E-state index in [1.165, 1.54) is 270 Å². The highest BCUT2D eigenvalue weighted by Crippen LogP contribution is 2.16. The predicted octanol–water partition coefficient (Wildman–Crippen LogP) is 16.6. The van der Waals surface area contributed by atoms with Crippen LogP contribution in [0.5, 0.6) is 0 Å². The van der Waals surface area contributed by atoms with Crippen LogP contribution < -0.4 is 4.57 Å². The molecule has 0 aliphatic carbocycles. The smallest absolute Gasteiger partial charge is 0.234 e. The quantitative estimate of drug-likeness (QED) is 0.0474. The van der Waals surface area contributed by atoms with Crippen molar-refractivity contribution in [3.05, 3.63) is 18.2 Å². The zero-order valence-electron chi connectivity index (χ0n) is 35.2. The molecule has 0 aliphatic rings. The molecule has 2 heteroatoms. The minimum atomic E-state index is 1.23. The Bertz CT molecular complexity index is 717. The van der Waals surface area contributed by atoms with Gasteiger partial charge in [-0.3, -0.25) is 0 Å². The summed E-state index contributed by atoms with van der Waals surface area (Å²) in [4.78, 5) is 0. The van der Waals surface area contributed by atoms with Gasteiger partial charge in [-0.2, -0.15) is 0 Å². The summed E-state index contributed by atoms with van der Waals surface area (Å²) in [6, 6.07) is 0. The van der Waals surface area contributed by atoms with Gasteiger partial charge in [0.15, 0.2) is 0 Å². The molecule has 0 N–H and O–H groups in total. The molecule has 0 saturated heterocycles. The van der Waals surface area contributed by atoms with Crippen LogP contribution in [0.4, 0.5) is 0 Å². The number of nitrogens with zero attached hydrogens (tertiary/aromatic N) is 2. The van der Waals surface area contributed by atoms with E-state index in [0.717, 1.165) is 0 Å². The lowest BCUT2D eigenvalue weighted by molar-refractivity contribution is -0.704. The Labute approximate surface area is 317 Å². The monoisotopic (exact) mass is 700 g/mol. The maximum atomic E-state index is 2.65. The lowest BCUT2D eigenvalue weighted by Gasteiger charge is -2.07. The number of hydrogen-bond donors (Lipinski definition) is 0. The maximum Gasteiger partial charge on any atom is 0.256 e. The van der Waals surface area contributed by atoms with Crippen molar-refractivity contribution in [1.29, 1.82) is 0 Å². The van der Waals surface area contributed by atoms with Crippen LogP contribution in [0.1, 0.15) is 277 Å². The molecule has 1 aromatic rings. The van der Waals surface area contributed by atoms with Crippen LogP contribution >= 0.6 is 0 Å². The normalized spacial score (nSPS) is 11.7. The summed E-state index contributed by atoms with van der Waals surface area (Å²) in [5.74, 6) is 1.63. The summed E-state index contributed by atoms with van der Waals surface area (Å²) in [5.41, 5.74) is 0. The SMILES string of the molecule is CCCCCCCCCCCCCCCCn1cc[n+](CCCCCCCCCCCCCCCC)c1CCCCCCCCCCCCC. The van der Waals surface area contributed by atoms with Gasteiger partial charge in [0.05, 0.1) is 13.1 Å². The topological polar surface area (TPSA) is 8.81 Å². The third-order valence-electron chi connectivity index (χ3n) is 11.6. The first-order valence-corrected chi connectivity index (χ1v) is 23.9. The molecule has 2 nitrogen and oxygen atoms in total. The summed E-state index contributed by atoms with van der Waals surface area (Å²) in [6.07, 6.45) is 62.3. The highest BCUT2D eigenvalue weighted by Gasteiger charge is 2.16. The number of rotatable bonds is 42. The van der Waals surface area contributed by atoms with E-state index in [-0.39, 0.29) is 0 Å². The Morgan fingerprint density at radius 2 is 0.620 bits per heavy atom. The number of hydrogen-bond acceptors (Lipinski definition) is 0. The second-order valence-corrected chi connectivity index (χ2v) is 16.6. The Kier molecular flexibility index (Phi) is 37.2. The van der Waals surface area contributed by atoms with E-state index in [0.29, 0.717) is 0 Å². The van der Waals surface area contributed by atoms with E-state index in [9.17, 15) is 0 Å². The molecule has 0 amide bonds. The lowest BCUT2D eigenvalue weighted by atomic mass is 10.0. The summed E-state index contributed by atoms with van der Waals surface area (Å²) in [6.45, 7) is 9.42. The molecule has 0 saturated carbocycles. The molecule has 50 heavy (non-hydrogen) atoms. The van der Waals surface area contributed by atoms with Crippen molar-refractivity contribution in [2.75, 3.05) is 0 Å². The van der Waals surface area contributed by atoms with Crippen molar-refractivity contribution in [2.24, 2.45) is 0 Å². The average Bonchev–Trinajstić information content (AvgIpc) is 3.51. The Balaban J connectivity index is 2.26. The second kappa shape index (κ2) is 39.4. The molecule has 0 aliphatic heterocycles. The van der Waals surface area contributed by atoms with Gasteiger partial charge in [-0.15, -0.1) is 0 Å². The third-order valence-corrected chi connectivity index (χ3v) is 11.6. The van der Waals surface area contributed by atoms with Crippen LogP contribution in [-0.4, -0.2) is 4.57 Å². The Morgan fingerprint density at radius 1 is 0.340 bits per heavy atom. The molecule has 0 spiro atoms. The van der Waals surface area contributed by atoms with Crippen LogP contribution in [0.15, 0.2) is 12.4 Å². The van der Waals surface area contributed by atoms with Gasteiger partial charge >= 0.3 is 0 Å². The van der Waals surface area contributed by atoms with Crippen LogP contribution in [0, 0.1) is 0 Å². The molecule has 1 rings (SSSR count). The summed E-state index contributed by atoms with van der Waals surface area (Å²) in [5, 5.41) is 0. The van der Waals surface area contributed by atoms with Crippen molar-refractivity contribution in [1.82, 2.24) is 4.57 Å². The first-order valence-electron chi connectivity index (χ1n) is 23.9. The van der Waals surface area contributed by atoms with Crippen molar-refractivity contribution >= 4 is 0 Å². The first-order chi connectivity index (χ1) is 24.8. The van der Waals surface area contributed by atoms with Gasteiger partial charge < -0.3 is 0 Å². The molecule has 1 aromatic heterocycles. The third kappa shape index (κ3) is 30.8. The number of imidazole rings is 1. The second-order valence-electron chi connectivity index (χ2n) is 16.6. The van der Waals surface area contributed by atoms with E-state index in [1.807, 2.05) is 0 Å². The maximum absolute atomic E-state index is 2.65. The first kappa shape index (κ1) is 47.2. The van der Waals surface area contributed by atoms with E-state index >= 15 is 0 Å². The van der Waals surface area contributed by atoms with E-state index in [4.69, 9.17) is 0 Å². The van der Waals surface area contributed by atoms with Crippen molar-refractivity contribution < 1.29 is 4.57 Å². The molecule has 0 aromatic carbocycles. The lowest BCUT2D eigenvalue weighted by Crippen LogP contribution is -2.37. The average molecular weight is 700 g/mol. The van der Waals surface area contributed by atoms with Gasteiger partial charge in [-0.05, 0) is 32.1 Å². The molecular formula is C48H95N2+. The van der Waals surface area contributed by atoms with Gasteiger partial charge in [0.2, 0.25) is 0 Å². The highest BCUT2D eigenvalue weighted by atomic mass is 15.1. The van der Waals surface area contributed by atoms with Crippen molar-refractivity contribution in [3.8, 4) is 0 Å². The molecule has 1 heterocycles.